The molecule has 0 saturated carbocycles. The molecule has 0 unspecified atom stereocenters. The van der Waals surface area contributed by atoms with E-state index in [1.165, 1.54) is 0 Å². The lowest BCUT2D eigenvalue weighted by Crippen LogP contribution is -2.12. The summed E-state index contributed by atoms with van der Waals surface area (Å²) in [5.41, 5.74) is 7.90. The van der Waals surface area contributed by atoms with E-state index in [2.05, 4.69) is 25.8 Å². The quantitative estimate of drug-likeness (QED) is 0.852. The van der Waals surface area contributed by atoms with Crippen molar-refractivity contribution in [2.75, 3.05) is 6.61 Å². The van der Waals surface area contributed by atoms with Gasteiger partial charge in [-0.05, 0) is 24.3 Å². The number of pyridine rings is 1. The lowest BCUT2D eigenvalue weighted by Gasteiger charge is -2.18. The Morgan fingerprint density at radius 2 is 2.00 bits per heavy atom. The molecule has 3 heteroatoms. The average Bonchev–Trinajstić information content (AvgIpc) is 2.16. The van der Waals surface area contributed by atoms with Gasteiger partial charge < -0.3 is 10.5 Å². The minimum absolute atomic E-state index is 0.298. The van der Waals surface area contributed by atoms with Crippen molar-refractivity contribution in [3.8, 4) is 5.88 Å². The average molecular weight is 222 g/mol. The van der Waals surface area contributed by atoms with Crippen molar-refractivity contribution in [1.29, 1.82) is 0 Å². The Morgan fingerprint density at radius 1 is 1.31 bits per heavy atom. The highest BCUT2D eigenvalue weighted by atomic mass is 16.5. The first-order valence-corrected chi connectivity index (χ1v) is 5.72. The maximum atomic E-state index is 5.61. The van der Waals surface area contributed by atoms with Crippen LogP contribution in [0.1, 0.15) is 38.4 Å². The van der Waals surface area contributed by atoms with Crippen LogP contribution in [0.5, 0.6) is 5.88 Å². The molecule has 0 aliphatic heterocycles. The van der Waals surface area contributed by atoms with Gasteiger partial charge in [0, 0.05) is 18.3 Å². The molecule has 0 fully saturated rings. The van der Waals surface area contributed by atoms with Gasteiger partial charge in [-0.1, -0.05) is 26.8 Å². The van der Waals surface area contributed by atoms with Gasteiger partial charge in [-0.3, -0.25) is 0 Å². The molecule has 0 radical (unpaired) electrons. The van der Waals surface area contributed by atoms with Crippen molar-refractivity contribution in [3.05, 3.63) is 23.4 Å². The molecule has 2 N–H and O–H groups in total. The molecule has 90 valence electrons. The lowest BCUT2D eigenvalue weighted by atomic mass is 9.93. The van der Waals surface area contributed by atoms with Crippen molar-refractivity contribution < 1.29 is 4.74 Å². The molecular formula is C13H22N2O. The third kappa shape index (κ3) is 4.19. The Morgan fingerprint density at radius 3 is 2.50 bits per heavy atom. The molecule has 0 saturated heterocycles. The minimum atomic E-state index is 0.298. The molecule has 0 aliphatic carbocycles. The van der Waals surface area contributed by atoms with Crippen LogP contribution in [-0.2, 0) is 6.54 Å². The fraction of sp³-hybridized carbons (Fsp3) is 0.615. The molecule has 0 aromatic carbocycles. The van der Waals surface area contributed by atoms with Crippen LogP contribution >= 0.6 is 0 Å². The molecule has 1 aromatic heterocycles. The second-order valence-electron chi connectivity index (χ2n) is 5.26. The molecule has 1 heterocycles. The van der Waals surface area contributed by atoms with E-state index >= 15 is 0 Å². The van der Waals surface area contributed by atoms with Crippen LogP contribution < -0.4 is 10.5 Å². The standard InChI is InChI=1S/C13H22N2O/c1-10-11(9-14)5-6-12(15-10)16-8-7-13(2,3)4/h5-6H,7-9,14H2,1-4H3. The first-order valence-electron chi connectivity index (χ1n) is 5.72. The van der Waals surface area contributed by atoms with E-state index in [1.807, 2.05) is 19.1 Å². The molecule has 0 amide bonds. The molecule has 3 nitrogen and oxygen atoms in total. The zero-order valence-corrected chi connectivity index (χ0v) is 10.7. The molecule has 1 aromatic rings. The largest absolute Gasteiger partial charge is 0.478 e. The van der Waals surface area contributed by atoms with Crippen LogP contribution in [0, 0.1) is 12.3 Å². The number of nitrogens with two attached hydrogens (primary N) is 1. The zero-order chi connectivity index (χ0) is 12.2. The Bertz CT molecular complexity index is 342. The first-order chi connectivity index (χ1) is 7.42. The molecule has 1 rings (SSSR count). The minimum Gasteiger partial charge on any atom is -0.478 e. The van der Waals surface area contributed by atoms with Gasteiger partial charge >= 0.3 is 0 Å². The maximum absolute atomic E-state index is 5.61. The van der Waals surface area contributed by atoms with Crippen molar-refractivity contribution in [1.82, 2.24) is 4.98 Å². The summed E-state index contributed by atoms with van der Waals surface area (Å²) in [6.07, 6.45) is 1.02. The summed E-state index contributed by atoms with van der Waals surface area (Å²) in [6, 6.07) is 3.87. The fourth-order valence-corrected chi connectivity index (χ4v) is 1.32. The highest BCUT2D eigenvalue weighted by Gasteiger charge is 2.10. The molecule has 0 aliphatic rings. The highest BCUT2D eigenvalue weighted by Crippen LogP contribution is 2.19. The molecule has 16 heavy (non-hydrogen) atoms. The van der Waals surface area contributed by atoms with Gasteiger partial charge in [-0.15, -0.1) is 0 Å². The van der Waals surface area contributed by atoms with Gasteiger partial charge in [0.25, 0.3) is 0 Å². The molecule has 0 atom stereocenters. The normalized spacial score (nSPS) is 11.6. The van der Waals surface area contributed by atoms with Gasteiger partial charge in [-0.2, -0.15) is 0 Å². The maximum Gasteiger partial charge on any atom is 0.213 e. The summed E-state index contributed by atoms with van der Waals surface area (Å²) in [6.45, 7) is 9.80. The van der Waals surface area contributed by atoms with Crippen LogP contribution in [0.15, 0.2) is 12.1 Å². The second-order valence-corrected chi connectivity index (χ2v) is 5.26. The van der Waals surface area contributed by atoms with Crippen molar-refractivity contribution in [3.63, 3.8) is 0 Å². The van der Waals surface area contributed by atoms with Crippen LogP contribution in [0.3, 0.4) is 0 Å². The molecule has 0 spiro atoms. The smallest absolute Gasteiger partial charge is 0.213 e. The van der Waals surface area contributed by atoms with Crippen LogP contribution in [0.25, 0.3) is 0 Å². The van der Waals surface area contributed by atoms with E-state index in [9.17, 15) is 0 Å². The number of aryl methyl sites for hydroxylation is 1. The van der Waals surface area contributed by atoms with Crippen molar-refractivity contribution in [2.24, 2.45) is 11.1 Å². The van der Waals surface area contributed by atoms with E-state index in [0.717, 1.165) is 17.7 Å². The Kier molecular flexibility index (Phi) is 4.30. The summed E-state index contributed by atoms with van der Waals surface area (Å²) >= 11 is 0. The first kappa shape index (κ1) is 13.0. The van der Waals surface area contributed by atoms with Crippen LogP contribution in [0.4, 0.5) is 0 Å². The zero-order valence-electron chi connectivity index (χ0n) is 10.7. The summed E-state index contributed by atoms with van der Waals surface area (Å²) < 4.78 is 5.61. The number of rotatable bonds is 4. The summed E-state index contributed by atoms with van der Waals surface area (Å²) in [4.78, 5) is 4.36. The van der Waals surface area contributed by atoms with E-state index < -0.39 is 0 Å². The predicted octanol–water partition coefficient (Wildman–Crippen LogP) is 2.66. The topological polar surface area (TPSA) is 48.1 Å². The SMILES string of the molecule is Cc1nc(OCCC(C)(C)C)ccc1CN. The van der Waals surface area contributed by atoms with E-state index in [1.54, 1.807) is 0 Å². The number of hydrogen-bond acceptors (Lipinski definition) is 3. The predicted molar refractivity (Wildman–Crippen MR) is 66.4 cm³/mol. The van der Waals surface area contributed by atoms with Gasteiger partial charge in [-0.25, -0.2) is 4.98 Å². The molecule has 0 bridgehead atoms. The van der Waals surface area contributed by atoms with Gasteiger partial charge in [0.1, 0.15) is 0 Å². The van der Waals surface area contributed by atoms with Crippen LogP contribution in [0.2, 0.25) is 0 Å². The highest BCUT2D eigenvalue weighted by molar-refractivity contribution is 5.24. The van der Waals surface area contributed by atoms with Crippen molar-refractivity contribution in [2.45, 2.75) is 40.7 Å². The number of aromatic nitrogens is 1. The number of ether oxygens (including phenoxy) is 1. The Hall–Kier alpha value is -1.09. The lowest BCUT2D eigenvalue weighted by molar-refractivity contribution is 0.236. The number of hydrogen-bond donors (Lipinski definition) is 1. The second kappa shape index (κ2) is 5.30. The van der Waals surface area contributed by atoms with Gasteiger partial charge in [0.15, 0.2) is 0 Å². The summed E-state index contributed by atoms with van der Waals surface area (Å²) in [5.74, 6) is 0.693. The molecular weight excluding hydrogens is 200 g/mol. The van der Waals surface area contributed by atoms with E-state index in [-0.39, 0.29) is 0 Å². The summed E-state index contributed by atoms with van der Waals surface area (Å²) in [7, 11) is 0. The third-order valence-electron chi connectivity index (χ3n) is 2.49. The van der Waals surface area contributed by atoms with Gasteiger partial charge in [0.05, 0.1) is 6.61 Å². The number of nitrogens with zero attached hydrogens (tertiary/aromatic N) is 1. The van der Waals surface area contributed by atoms with Crippen LogP contribution in [-0.4, -0.2) is 11.6 Å². The fourth-order valence-electron chi connectivity index (χ4n) is 1.32. The third-order valence-corrected chi connectivity index (χ3v) is 2.49. The Balaban J connectivity index is 2.52. The summed E-state index contributed by atoms with van der Waals surface area (Å²) in [5, 5.41) is 0. The Labute approximate surface area is 98.0 Å². The van der Waals surface area contributed by atoms with Gasteiger partial charge in [0.2, 0.25) is 5.88 Å². The van der Waals surface area contributed by atoms with E-state index in [4.69, 9.17) is 10.5 Å². The monoisotopic (exact) mass is 222 g/mol. The van der Waals surface area contributed by atoms with E-state index in [0.29, 0.717) is 24.4 Å². The van der Waals surface area contributed by atoms with Crippen molar-refractivity contribution >= 4 is 0 Å².